The van der Waals surface area contributed by atoms with Crippen LogP contribution in [0.15, 0.2) is 60.7 Å². The SMILES string of the molecule is CC(O)(CCCCCCCCCCCCCCCC(=O)[O-])OCc1ccccc1.CC(O)(CCCCCCCCCCCCCCCC(=O)[O-])OCc1ccccc1.[Ba+2]. The van der Waals surface area contributed by atoms with Crippen molar-refractivity contribution in [2.45, 2.75) is 231 Å². The molecule has 2 aromatic rings. The van der Waals surface area contributed by atoms with Gasteiger partial charge in [-0.2, -0.15) is 0 Å². The smallest absolute Gasteiger partial charge is 0.550 e. The number of unbranched alkanes of at least 4 members (excludes halogenated alkanes) is 24. The van der Waals surface area contributed by atoms with E-state index in [2.05, 4.69) is 0 Å². The van der Waals surface area contributed by atoms with Crippen molar-refractivity contribution < 1.29 is 39.5 Å². The molecule has 0 saturated carbocycles. The van der Waals surface area contributed by atoms with Gasteiger partial charge in [0.2, 0.25) is 0 Å². The minimum absolute atomic E-state index is 0. The van der Waals surface area contributed by atoms with E-state index in [-0.39, 0.29) is 61.7 Å². The summed E-state index contributed by atoms with van der Waals surface area (Å²) in [5, 5.41) is 41.3. The van der Waals surface area contributed by atoms with E-state index in [4.69, 9.17) is 9.47 Å². The first-order valence-corrected chi connectivity index (χ1v) is 23.2. The van der Waals surface area contributed by atoms with Gasteiger partial charge in [0, 0.05) is 24.8 Å². The van der Waals surface area contributed by atoms with E-state index >= 15 is 0 Å². The van der Waals surface area contributed by atoms with Gasteiger partial charge in [-0.15, -0.1) is 0 Å². The summed E-state index contributed by atoms with van der Waals surface area (Å²) in [7, 11) is 0. The number of carboxylic acids is 2. The molecule has 2 unspecified atom stereocenters. The average Bonchev–Trinajstić information content (AvgIpc) is 3.20. The number of aliphatic hydroxyl groups is 2. The van der Waals surface area contributed by atoms with Crippen molar-refractivity contribution in [2.24, 2.45) is 0 Å². The van der Waals surface area contributed by atoms with Gasteiger partial charge in [0.1, 0.15) is 0 Å². The Bertz CT molecular complexity index is 1130. The fourth-order valence-electron chi connectivity index (χ4n) is 7.10. The number of hydrogen-bond acceptors (Lipinski definition) is 8. The van der Waals surface area contributed by atoms with Crippen LogP contribution in [0.4, 0.5) is 0 Å². The van der Waals surface area contributed by atoms with Crippen LogP contribution in [-0.4, -0.2) is 82.6 Å². The standard InChI is InChI=1S/2C25H42O4.Ba/c2*1-25(28,29-22-23-18-14-13-15-19-23)21-17-12-10-8-6-4-2-3-5-7-9-11-16-20-24(26)27;/h2*13-15,18-19,28H,2-12,16-17,20-22H2,1H3,(H,26,27);/q;;+2/p-2. The minimum Gasteiger partial charge on any atom is -0.550 e. The van der Waals surface area contributed by atoms with E-state index in [1.807, 2.05) is 60.7 Å². The molecule has 2 aromatic carbocycles. The number of carboxylic acid groups (broad SMARTS) is 2. The summed E-state index contributed by atoms with van der Waals surface area (Å²) in [5.74, 6) is -3.93. The molecule has 0 saturated heterocycles. The number of aliphatic carboxylic acids is 2. The zero-order valence-corrected chi connectivity index (χ0v) is 41.9. The predicted octanol–water partition coefficient (Wildman–Crippen LogP) is 10.6. The molecule has 0 aromatic heterocycles. The summed E-state index contributed by atoms with van der Waals surface area (Å²) in [4.78, 5) is 20.6. The molecule has 2 atom stereocenters. The van der Waals surface area contributed by atoms with Gasteiger partial charge in [0.15, 0.2) is 11.6 Å². The Balaban J connectivity index is 0.00000112. The summed E-state index contributed by atoms with van der Waals surface area (Å²) in [6, 6.07) is 19.9. The number of carbonyl (C=O) groups is 2. The van der Waals surface area contributed by atoms with Crippen LogP contribution in [-0.2, 0) is 32.3 Å². The van der Waals surface area contributed by atoms with E-state index in [1.165, 1.54) is 103 Å². The molecule has 0 heterocycles. The molecular weight excluding hydrogens is 866 g/mol. The third kappa shape index (κ3) is 40.6. The summed E-state index contributed by atoms with van der Waals surface area (Å²) in [5.41, 5.74) is 2.17. The predicted molar refractivity (Wildman–Crippen MR) is 238 cm³/mol. The molecular formula is C50H82BaO8. The molecule has 0 spiro atoms. The topological polar surface area (TPSA) is 139 Å². The van der Waals surface area contributed by atoms with Crippen LogP contribution in [0.25, 0.3) is 0 Å². The second kappa shape index (κ2) is 39.6. The molecule has 0 bridgehead atoms. The van der Waals surface area contributed by atoms with Crippen molar-refractivity contribution in [3.05, 3.63) is 71.8 Å². The minimum atomic E-state index is -1.04. The normalized spacial score (nSPS) is 13.1. The monoisotopic (exact) mass is 949 g/mol. The van der Waals surface area contributed by atoms with Crippen LogP contribution in [0.3, 0.4) is 0 Å². The van der Waals surface area contributed by atoms with Gasteiger partial charge in [-0.3, -0.25) is 0 Å². The Hall–Kier alpha value is -1.21. The Morgan fingerprint density at radius 2 is 0.644 bits per heavy atom. The van der Waals surface area contributed by atoms with Crippen molar-refractivity contribution in [3.8, 4) is 0 Å². The molecule has 8 nitrogen and oxygen atoms in total. The van der Waals surface area contributed by atoms with Crippen molar-refractivity contribution in [3.63, 3.8) is 0 Å². The number of carbonyl (C=O) groups excluding carboxylic acids is 2. The van der Waals surface area contributed by atoms with E-state index in [0.29, 0.717) is 26.1 Å². The third-order valence-electron chi connectivity index (χ3n) is 10.8. The molecule has 0 amide bonds. The van der Waals surface area contributed by atoms with Crippen molar-refractivity contribution in [1.29, 1.82) is 0 Å². The van der Waals surface area contributed by atoms with Crippen molar-refractivity contribution in [2.75, 3.05) is 0 Å². The van der Waals surface area contributed by atoms with E-state index < -0.39 is 23.5 Å². The van der Waals surface area contributed by atoms with Gasteiger partial charge < -0.3 is 39.5 Å². The second-order valence-corrected chi connectivity index (χ2v) is 16.8. The van der Waals surface area contributed by atoms with Crippen LogP contribution in [0.2, 0.25) is 0 Å². The first-order valence-electron chi connectivity index (χ1n) is 23.2. The van der Waals surface area contributed by atoms with Gasteiger partial charge in [0.25, 0.3) is 0 Å². The molecule has 0 aliphatic carbocycles. The largest absolute Gasteiger partial charge is 2.00 e. The zero-order valence-electron chi connectivity index (χ0n) is 37.5. The van der Waals surface area contributed by atoms with Gasteiger partial charge in [0.05, 0.1) is 13.2 Å². The van der Waals surface area contributed by atoms with Gasteiger partial charge in [-0.1, -0.05) is 202 Å². The first-order chi connectivity index (χ1) is 28.0. The van der Waals surface area contributed by atoms with Gasteiger partial charge in [-0.05, 0) is 63.5 Å². The van der Waals surface area contributed by atoms with Gasteiger partial charge in [-0.25, -0.2) is 0 Å². The molecule has 0 radical (unpaired) electrons. The summed E-state index contributed by atoms with van der Waals surface area (Å²) >= 11 is 0. The summed E-state index contributed by atoms with van der Waals surface area (Å²) < 4.78 is 11.3. The fourth-order valence-corrected chi connectivity index (χ4v) is 7.10. The Labute approximate surface area is 400 Å². The zero-order chi connectivity index (χ0) is 42.4. The van der Waals surface area contributed by atoms with Crippen LogP contribution >= 0.6 is 0 Å². The van der Waals surface area contributed by atoms with Gasteiger partial charge >= 0.3 is 48.9 Å². The van der Waals surface area contributed by atoms with Crippen LogP contribution < -0.4 is 10.2 Å². The van der Waals surface area contributed by atoms with Crippen molar-refractivity contribution >= 4 is 60.8 Å². The van der Waals surface area contributed by atoms with Crippen LogP contribution in [0.5, 0.6) is 0 Å². The molecule has 332 valence electrons. The molecule has 0 aliphatic heterocycles. The second-order valence-electron chi connectivity index (χ2n) is 16.8. The average molecular weight is 949 g/mol. The van der Waals surface area contributed by atoms with E-state index in [0.717, 1.165) is 75.3 Å². The number of ether oxygens (including phenoxy) is 2. The Kier molecular flexibility index (Phi) is 38.8. The Morgan fingerprint density at radius 1 is 0.424 bits per heavy atom. The molecule has 2 N–H and O–H groups in total. The molecule has 2 rings (SSSR count). The summed E-state index contributed by atoms with van der Waals surface area (Å²) in [6.07, 6.45) is 32.3. The third-order valence-corrected chi connectivity index (χ3v) is 10.8. The maximum Gasteiger partial charge on any atom is 2.00 e. The molecule has 9 heteroatoms. The molecule has 0 fully saturated rings. The Morgan fingerprint density at radius 3 is 0.881 bits per heavy atom. The molecule has 0 aliphatic rings. The maximum atomic E-state index is 10.3. The maximum absolute atomic E-state index is 10.3. The fraction of sp³-hybridized carbons (Fsp3) is 0.720. The number of benzene rings is 2. The summed E-state index contributed by atoms with van der Waals surface area (Å²) in [6.45, 7) is 4.43. The molecule has 59 heavy (non-hydrogen) atoms. The quantitative estimate of drug-likeness (QED) is 0.0385. The first kappa shape index (κ1) is 57.8. The van der Waals surface area contributed by atoms with Crippen LogP contribution in [0.1, 0.15) is 218 Å². The number of rotatable bonds is 38. The number of hydrogen-bond donors (Lipinski definition) is 2. The van der Waals surface area contributed by atoms with E-state index in [1.54, 1.807) is 13.8 Å². The van der Waals surface area contributed by atoms with E-state index in [9.17, 15) is 30.0 Å². The van der Waals surface area contributed by atoms with Crippen LogP contribution in [0, 0.1) is 0 Å². The van der Waals surface area contributed by atoms with Crippen molar-refractivity contribution in [1.82, 2.24) is 0 Å².